The average Bonchev–Trinajstić information content (AvgIpc) is 3.40. The van der Waals surface area contributed by atoms with Gasteiger partial charge >= 0.3 is 0 Å². The standard InChI is InChI=1S/C29H25ClN4O2/c1-17(2)33-27-25(32-28(33)22-7-5-6-8-24(22)36-4)29(35)34(23-15-21(30)14-9-18(23)3)26(27)20-12-10-19(16-31)11-13-20/h5-15,17,26H,1-4H3. The zero-order valence-electron chi connectivity index (χ0n) is 20.5. The Bertz CT molecular complexity index is 1520. The van der Waals surface area contributed by atoms with Crippen molar-refractivity contribution < 1.29 is 9.53 Å². The van der Waals surface area contributed by atoms with Gasteiger partial charge in [-0.15, -0.1) is 0 Å². The number of nitrogens with zero attached hydrogens (tertiary/aromatic N) is 4. The number of hydrogen-bond acceptors (Lipinski definition) is 4. The van der Waals surface area contributed by atoms with Crippen molar-refractivity contribution in [3.05, 3.63) is 99.8 Å². The van der Waals surface area contributed by atoms with Crippen molar-refractivity contribution in [2.45, 2.75) is 32.9 Å². The number of hydrogen-bond donors (Lipinski definition) is 0. The van der Waals surface area contributed by atoms with E-state index in [-0.39, 0.29) is 11.9 Å². The van der Waals surface area contributed by atoms with E-state index < -0.39 is 6.04 Å². The molecule has 1 amide bonds. The van der Waals surface area contributed by atoms with Crippen LogP contribution in [0.15, 0.2) is 66.7 Å². The van der Waals surface area contributed by atoms with Gasteiger partial charge in [0.05, 0.1) is 30.0 Å². The molecule has 5 rings (SSSR count). The Morgan fingerprint density at radius 2 is 1.81 bits per heavy atom. The summed E-state index contributed by atoms with van der Waals surface area (Å²) in [6.07, 6.45) is 0. The second-order valence-corrected chi connectivity index (χ2v) is 9.51. The number of para-hydroxylation sites is 1. The van der Waals surface area contributed by atoms with Gasteiger partial charge in [-0.25, -0.2) is 4.98 Å². The van der Waals surface area contributed by atoms with Gasteiger partial charge in [0.1, 0.15) is 17.6 Å². The molecule has 0 bridgehead atoms. The predicted octanol–water partition coefficient (Wildman–Crippen LogP) is 6.72. The Morgan fingerprint density at radius 3 is 2.47 bits per heavy atom. The summed E-state index contributed by atoms with van der Waals surface area (Å²) in [7, 11) is 1.63. The van der Waals surface area contributed by atoms with Gasteiger partial charge < -0.3 is 9.30 Å². The fourth-order valence-electron chi connectivity index (χ4n) is 4.90. The minimum atomic E-state index is -0.448. The monoisotopic (exact) mass is 496 g/mol. The molecule has 0 N–H and O–H groups in total. The summed E-state index contributed by atoms with van der Waals surface area (Å²) >= 11 is 6.37. The number of imidazole rings is 1. The van der Waals surface area contributed by atoms with Gasteiger partial charge in [0.15, 0.2) is 5.69 Å². The number of fused-ring (bicyclic) bond motifs is 1. The Kier molecular flexibility index (Phi) is 6.03. The lowest BCUT2D eigenvalue weighted by Crippen LogP contribution is -2.31. The molecule has 3 aromatic carbocycles. The first-order valence-corrected chi connectivity index (χ1v) is 12.1. The number of carbonyl (C=O) groups is 1. The number of amides is 1. The smallest absolute Gasteiger partial charge is 0.279 e. The number of anilines is 1. The lowest BCUT2D eigenvalue weighted by Gasteiger charge is -2.29. The van der Waals surface area contributed by atoms with Crippen LogP contribution in [0.4, 0.5) is 5.69 Å². The highest BCUT2D eigenvalue weighted by Gasteiger charge is 2.45. The molecule has 180 valence electrons. The van der Waals surface area contributed by atoms with Crippen molar-refractivity contribution >= 4 is 23.2 Å². The Morgan fingerprint density at radius 1 is 1.08 bits per heavy atom. The van der Waals surface area contributed by atoms with E-state index in [2.05, 4.69) is 24.5 Å². The van der Waals surface area contributed by atoms with E-state index in [1.165, 1.54) is 0 Å². The highest BCUT2D eigenvalue weighted by molar-refractivity contribution is 6.31. The molecular formula is C29H25ClN4O2. The van der Waals surface area contributed by atoms with Crippen LogP contribution < -0.4 is 9.64 Å². The van der Waals surface area contributed by atoms with E-state index in [0.29, 0.717) is 27.9 Å². The largest absolute Gasteiger partial charge is 0.496 e. The van der Waals surface area contributed by atoms with Gasteiger partial charge in [-0.05, 0) is 68.3 Å². The third kappa shape index (κ3) is 3.73. The van der Waals surface area contributed by atoms with Crippen LogP contribution in [-0.2, 0) is 0 Å². The Labute approximate surface area is 215 Å². The normalized spacial score (nSPS) is 14.8. The fourth-order valence-corrected chi connectivity index (χ4v) is 5.06. The zero-order chi connectivity index (χ0) is 25.6. The molecule has 0 aliphatic carbocycles. The maximum Gasteiger partial charge on any atom is 0.279 e. The van der Waals surface area contributed by atoms with E-state index in [9.17, 15) is 10.1 Å². The number of aryl methyl sites for hydroxylation is 1. The van der Waals surface area contributed by atoms with Crippen molar-refractivity contribution in [2.75, 3.05) is 12.0 Å². The van der Waals surface area contributed by atoms with Crippen molar-refractivity contribution in [1.82, 2.24) is 9.55 Å². The number of ether oxygens (including phenoxy) is 1. The third-order valence-corrected chi connectivity index (χ3v) is 6.77. The van der Waals surface area contributed by atoms with E-state index in [0.717, 1.165) is 28.1 Å². The van der Waals surface area contributed by atoms with Crippen molar-refractivity contribution in [1.29, 1.82) is 5.26 Å². The summed E-state index contributed by atoms with van der Waals surface area (Å²) in [5, 5.41) is 9.88. The molecule has 1 aliphatic rings. The van der Waals surface area contributed by atoms with E-state index in [4.69, 9.17) is 21.3 Å². The molecule has 4 aromatic rings. The fraction of sp³-hybridized carbons (Fsp3) is 0.207. The Balaban J connectivity index is 1.80. The molecule has 0 saturated carbocycles. The molecule has 36 heavy (non-hydrogen) atoms. The topological polar surface area (TPSA) is 71.2 Å². The quantitative estimate of drug-likeness (QED) is 0.307. The minimum absolute atomic E-state index is 0.00949. The molecular weight excluding hydrogens is 472 g/mol. The SMILES string of the molecule is COc1ccccc1-c1nc2c(n1C(C)C)C(c1ccc(C#N)cc1)N(c1cc(Cl)ccc1C)C2=O. The first-order valence-electron chi connectivity index (χ1n) is 11.7. The van der Waals surface area contributed by atoms with E-state index in [1.54, 1.807) is 24.1 Å². The second-order valence-electron chi connectivity index (χ2n) is 9.08. The summed E-state index contributed by atoms with van der Waals surface area (Å²) in [5.74, 6) is 1.18. The molecule has 0 fully saturated rings. The van der Waals surface area contributed by atoms with Crippen LogP contribution in [-0.4, -0.2) is 22.6 Å². The minimum Gasteiger partial charge on any atom is -0.496 e. The van der Waals surface area contributed by atoms with Crippen LogP contribution in [0.3, 0.4) is 0 Å². The van der Waals surface area contributed by atoms with Gasteiger partial charge in [0.25, 0.3) is 5.91 Å². The molecule has 0 radical (unpaired) electrons. The predicted molar refractivity (Wildman–Crippen MR) is 141 cm³/mol. The number of nitriles is 1. The number of carbonyl (C=O) groups excluding carboxylic acids is 1. The van der Waals surface area contributed by atoms with Gasteiger partial charge in [0, 0.05) is 16.8 Å². The molecule has 1 atom stereocenters. The van der Waals surface area contributed by atoms with E-state index in [1.807, 2.05) is 61.5 Å². The van der Waals surface area contributed by atoms with Gasteiger partial charge in [-0.3, -0.25) is 9.69 Å². The third-order valence-electron chi connectivity index (χ3n) is 6.54. The zero-order valence-corrected chi connectivity index (χ0v) is 21.2. The highest BCUT2D eigenvalue weighted by Crippen LogP contribution is 2.46. The summed E-state index contributed by atoms with van der Waals surface area (Å²) in [4.78, 5) is 20.7. The van der Waals surface area contributed by atoms with Gasteiger partial charge in [-0.1, -0.05) is 41.9 Å². The molecule has 6 nitrogen and oxygen atoms in total. The number of halogens is 1. The molecule has 0 spiro atoms. The molecule has 0 saturated heterocycles. The van der Waals surface area contributed by atoms with Crippen LogP contribution in [0.2, 0.25) is 5.02 Å². The molecule has 2 heterocycles. The van der Waals surface area contributed by atoms with Crippen LogP contribution >= 0.6 is 11.6 Å². The van der Waals surface area contributed by atoms with Crippen LogP contribution in [0, 0.1) is 18.3 Å². The molecule has 1 unspecified atom stereocenters. The van der Waals surface area contributed by atoms with Crippen molar-refractivity contribution in [3.63, 3.8) is 0 Å². The maximum absolute atomic E-state index is 14.1. The molecule has 1 aromatic heterocycles. The van der Waals surface area contributed by atoms with Crippen molar-refractivity contribution in [2.24, 2.45) is 0 Å². The Hall–Kier alpha value is -4.08. The lowest BCUT2D eigenvalue weighted by atomic mass is 10.0. The summed E-state index contributed by atoms with van der Waals surface area (Å²) in [6.45, 7) is 6.12. The first-order chi connectivity index (χ1) is 17.3. The number of methoxy groups -OCH3 is 1. The number of rotatable bonds is 5. The summed E-state index contributed by atoms with van der Waals surface area (Å²) in [5.41, 5.74) is 5.12. The van der Waals surface area contributed by atoms with Crippen LogP contribution in [0.5, 0.6) is 5.75 Å². The molecule has 7 heteroatoms. The summed E-state index contributed by atoms with van der Waals surface area (Å²) < 4.78 is 7.74. The lowest BCUT2D eigenvalue weighted by molar-refractivity contribution is 0.0989. The molecule has 1 aliphatic heterocycles. The summed E-state index contributed by atoms with van der Waals surface area (Å²) in [6, 6.07) is 22.3. The number of benzene rings is 3. The first kappa shape index (κ1) is 23.7. The van der Waals surface area contributed by atoms with Gasteiger partial charge in [-0.2, -0.15) is 5.26 Å². The second kappa shape index (κ2) is 9.18. The number of aromatic nitrogens is 2. The van der Waals surface area contributed by atoms with Crippen LogP contribution in [0.1, 0.15) is 58.8 Å². The van der Waals surface area contributed by atoms with Crippen LogP contribution in [0.25, 0.3) is 11.4 Å². The maximum atomic E-state index is 14.1. The average molecular weight is 497 g/mol. The highest BCUT2D eigenvalue weighted by atomic mass is 35.5. The van der Waals surface area contributed by atoms with E-state index >= 15 is 0 Å². The van der Waals surface area contributed by atoms with Crippen molar-refractivity contribution in [3.8, 4) is 23.2 Å². The van der Waals surface area contributed by atoms with Gasteiger partial charge in [0.2, 0.25) is 0 Å².